The zero-order chi connectivity index (χ0) is 10.6. The van der Waals surface area contributed by atoms with Gasteiger partial charge in [-0.05, 0) is 27.3 Å². The van der Waals surface area contributed by atoms with E-state index in [0.29, 0.717) is 31.3 Å². The summed E-state index contributed by atoms with van der Waals surface area (Å²) in [5.41, 5.74) is 5.17. The second-order valence-electron chi connectivity index (χ2n) is 4.04. The van der Waals surface area contributed by atoms with Crippen molar-refractivity contribution < 1.29 is 9.26 Å². The predicted octanol–water partition coefficient (Wildman–Crippen LogP) is 0.886. The number of rotatable bonds is 4. The molecule has 0 spiro atoms. The van der Waals surface area contributed by atoms with E-state index in [9.17, 15) is 0 Å². The third kappa shape index (κ3) is 3.85. The van der Waals surface area contributed by atoms with Crippen LogP contribution in [-0.4, -0.2) is 22.3 Å². The molecule has 1 rings (SSSR count). The zero-order valence-corrected chi connectivity index (χ0v) is 8.91. The van der Waals surface area contributed by atoms with Crippen molar-refractivity contribution in [1.29, 1.82) is 0 Å². The Balaban J connectivity index is 2.44. The quantitative estimate of drug-likeness (QED) is 0.779. The molecule has 0 radical (unpaired) electrons. The molecule has 14 heavy (non-hydrogen) atoms. The minimum absolute atomic E-state index is 0.192. The SMILES string of the molecule is CC(C)(C)OCc1nc(CCN)no1. The number of ether oxygens (including phenoxy) is 1. The fourth-order valence-electron chi connectivity index (χ4n) is 0.858. The van der Waals surface area contributed by atoms with Crippen molar-refractivity contribution in [3.8, 4) is 0 Å². The van der Waals surface area contributed by atoms with Crippen molar-refractivity contribution in [2.24, 2.45) is 5.73 Å². The number of nitrogens with two attached hydrogens (primary N) is 1. The van der Waals surface area contributed by atoms with Gasteiger partial charge < -0.3 is 15.0 Å². The fourth-order valence-corrected chi connectivity index (χ4v) is 0.858. The summed E-state index contributed by atoms with van der Waals surface area (Å²) in [6.07, 6.45) is 0.638. The second kappa shape index (κ2) is 4.52. The van der Waals surface area contributed by atoms with Crippen molar-refractivity contribution in [2.45, 2.75) is 39.4 Å². The molecule has 0 aliphatic rings. The molecule has 0 atom stereocenters. The lowest BCUT2D eigenvalue weighted by molar-refractivity contribution is -0.0260. The molecular weight excluding hydrogens is 182 g/mol. The lowest BCUT2D eigenvalue weighted by Crippen LogP contribution is -2.18. The minimum Gasteiger partial charge on any atom is -0.366 e. The van der Waals surface area contributed by atoms with E-state index in [-0.39, 0.29) is 5.60 Å². The maximum Gasteiger partial charge on any atom is 0.252 e. The monoisotopic (exact) mass is 199 g/mol. The Bertz CT molecular complexity index is 278. The molecule has 2 N–H and O–H groups in total. The van der Waals surface area contributed by atoms with Crippen LogP contribution in [0, 0.1) is 0 Å². The molecule has 0 saturated heterocycles. The second-order valence-corrected chi connectivity index (χ2v) is 4.04. The summed E-state index contributed by atoms with van der Waals surface area (Å²) in [4.78, 5) is 4.12. The van der Waals surface area contributed by atoms with E-state index in [4.69, 9.17) is 15.0 Å². The van der Waals surface area contributed by atoms with Crippen LogP contribution in [0.5, 0.6) is 0 Å². The molecule has 1 aromatic rings. The van der Waals surface area contributed by atoms with Crippen LogP contribution in [0.2, 0.25) is 0 Å². The highest BCUT2D eigenvalue weighted by Gasteiger charge is 2.13. The fraction of sp³-hybridized carbons (Fsp3) is 0.778. The predicted molar refractivity (Wildman–Crippen MR) is 51.6 cm³/mol. The largest absolute Gasteiger partial charge is 0.366 e. The van der Waals surface area contributed by atoms with Gasteiger partial charge in [0.2, 0.25) is 0 Å². The summed E-state index contributed by atoms with van der Waals surface area (Å²) in [6, 6.07) is 0. The lowest BCUT2D eigenvalue weighted by Gasteiger charge is -2.17. The molecule has 0 aliphatic heterocycles. The van der Waals surface area contributed by atoms with E-state index in [1.807, 2.05) is 20.8 Å². The number of hydrogen-bond donors (Lipinski definition) is 1. The summed E-state index contributed by atoms with van der Waals surface area (Å²) in [5.74, 6) is 1.14. The van der Waals surface area contributed by atoms with Gasteiger partial charge in [0.15, 0.2) is 5.82 Å². The molecule has 0 aliphatic carbocycles. The summed E-state index contributed by atoms with van der Waals surface area (Å²) < 4.78 is 10.5. The van der Waals surface area contributed by atoms with Crippen molar-refractivity contribution in [1.82, 2.24) is 10.1 Å². The maximum absolute atomic E-state index is 5.48. The normalized spacial score (nSPS) is 12.0. The van der Waals surface area contributed by atoms with Crippen LogP contribution in [0.25, 0.3) is 0 Å². The highest BCUT2D eigenvalue weighted by Crippen LogP contribution is 2.10. The van der Waals surface area contributed by atoms with Crippen LogP contribution in [-0.2, 0) is 17.8 Å². The topological polar surface area (TPSA) is 74.2 Å². The average Bonchev–Trinajstić information content (AvgIpc) is 2.49. The van der Waals surface area contributed by atoms with E-state index in [1.54, 1.807) is 0 Å². The van der Waals surface area contributed by atoms with Crippen molar-refractivity contribution in [3.63, 3.8) is 0 Å². The summed E-state index contributed by atoms with van der Waals surface area (Å²) in [6.45, 7) is 6.80. The van der Waals surface area contributed by atoms with Crippen LogP contribution < -0.4 is 5.73 Å². The third-order valence-corrected chi connectivity index (χ3v) is 1.51. The molecular formula is C9H17N3O2. The molecule has 0 unspecified atom stereocenters. The molecule has 1 aromatic heterocycles. The lowest BCUT2D eigenvalue weighted by atomic mass is 10.2. The Morgan fingerprint density at radius 3 is 2.71 bits per heavy atom. The van der Waals surface area contributed by atoms with Crippen LogP contribution >= 0.6 is 0 Å². The molecule has 5 heteroatoms. The van der Waals surface area contributed by atoms with Gasteiger partial charge in [-0.1, -0.05) is 5.16 Å². The van der Waals surface area contributed by atoms with Crippen molar-refractivity contribution in [2.75, 3.05) is 6.54 Å². The molecule has 0 fully saturated rings. The van der Waals surface area contributed by atoms with Crippen LogP contribution in [0.4, 0.5) is 0 Å². The first-order valence-electron chi connectivity index (χ1n) is 4.67. The van der Waals surface area contributed by atoms with Crippen LogP contribution in [0.15, 0.2) is 4.52 Å². The standard InChI is InChI=1S/C9H17N3O2/c1-9(2,3)13-6-8-11-7(4-5-10)12-14-8/h4-6,10H2,1-3H3. The molecule has 1 heterocycles. The maximum atomic E-state index is 5.48. The molecule has 0 bridgehead atoms. The molecule has 0 saturated carbocycles. The minimum atomic E-state index is -0.192. The van der Waals surface area contributed by atoms with Gasteiger partial charge in [0.05, 0.1) is 5.60 Å². The Morgan fingerprint density at radius 2 is 2.14 bits per heavy atom. The summed E-state index contributed by atoms with van der Waals surface area (Å²) in [7, 11) is 0. The van der Waals surface area contributed by atoms with Crippen LogP contribution in [0.3, 0.4) is 0 Å². The molecule has 0 aromatic carbocycles. The average molecular weight is 199 g/mol. The van der Waals surface area contributed by atoms with Gasteiger partial charge in [-0.25, -0.2) is 0 Å². The first-order valence-corrected chi connectivity index (χ1v) is 4.67. The van der Waals surface area contributed by atoms with Gasteiger partial charge in [-0.2, -0.15) is 4.98 Å². The number of hydrogen-bond acceptors (Lipinski definition) is 5. The zero-order valence-electron chi connectivity index (χ0n) is 8.91. The Kier molecular flexibility index (Phi) is 3.60. The molecule has 0 amide bonds. The Hall–Kier alpha value is -0.940. The van der Waals surface area contributed by atoms with Gasteiger partial charge in [-0.15, -0.1) is 0 Å². The van der Waals surface area contributed by atoms with E-state index in [1.165, 1.54) is 0 Å². The van der Waals surface area contributed by atoms with Gasteiger partial charge >= 0.3 is 0 Å². The number of aromatic nitrogens is 2. The summed E-state index contributed by atoms with van der Waals surface area (Å²) >= 11 is 0. The van der Waals surface area contributed by atoms with Crippen molar-refractivity contribution >= 4 is 0 Å². The van der Waals surface area contributed by atoms with Gasteiger partial charge in [0.25, 0.3) is 5.89 Å². The highest BCUT2D eigenvalue weighted by molar-refractivity contribution is 4.85. The van der Waals surface area contributed by atoms with Crippen LogP contribution in [0.1, 0.15) is 32.5 Å². The Labute approximate surface area is 83.6 Å². The first-order chi connectivity index (χ1) is 6.51. The Morgan fingerprint density at radius 1 is 1.43 bits per heavy atom. The highest BCUT2D eigenvalue weighted by atomic mass is 16.5. The third-order valence-electron chi connectivity index (χ3n) is 1.51. The first kappa shape index (κ1) is 11.1. The van der Waals surface area contributed by atoms with Gasteiger partial charge in [0.1, 0.15) is 6.61 Å². The van der Waals surface area contributed by atoms with Crippen molar-refractivity contribution in [3.05, 3.63) is 11.7 Å². The molecule has 5 nitrogen and oxygen atoms in total. The van der Waals surface area contributed by atoms with Gasteiger partial charge in [-0.3, -0.25) is 0 Å². The summed E-state index contributed by atoms with van der Waals surface area (Å²) in [5, 5.41) is 3.76. The van der Waals surface area contributed by atoms with Gasteiger partial charge in [0, 0.05) is 6.42 Å². The van der Waals surface area contributed by atoms with E-state index >= 15 is 0 Å². The smallest absolute Gasteiger partial charge is 0.252 e. The molecule has 80 valence electrons. The van der Waals surface area contributed by atoms with E-state index in [0.717, 1.165) is 0 Å². The van der Waals surface area contributed by atoms with E-state index < -0.39 is 0 Å². The number of nitrogens with zero attached hydrogens (tertiary/aromatic N) is 2. The van der Waals surface area contributed by atoms with E-state index in [2.05, 4.69) is 10.1 Å².